The SMILES string of the molecule is Fc1ccc2[nH]cc(C3=CCN(CC4CC=CC=C4NC4=COC=CO4)CC3)c2c1. The summed E-state index contributed by atoms with van der Waals surface area (Å²) in [6.45, 7) is 2.82. The Kier molecular flexibility index (Phi) is 5.15. The first kappa shape index (κ1) is 18.8. The Labute approximate surface area is 174 Å². The minimum absolute atomic E-state index is 0.198. The summed E-state index contributed by atoms with van der Waals surface area (Å²) in [5.74, 6) is 0.760. The van der Waals surface area contributed by atoms with Crippen molar-refractivity contribution in [2.75, 3.05) is 19.6 Å². The average molecular weight is 405 g/mol. The van der Waals surface area contributed by atoms with Gasteiger partial charge in [-0.15, -0.1) is 0 Å². The molecule has 2 N–H and O–H groups in total. The van der Waals surface area contributed by atoms with Gasteiger partial charge in [0, 0.05) is 53.9 Å². The van der Waals surface area contributed by atoms with Crippen molar-refractivity contribution in [1.29, 1.82) is 0 Å². The van der Waals surface area contributed by atoms with Crippen molar-refractivity contribution in [3.05, 3.63) is 90.4 Å². The van der Waals surface area contributed by atoms with E-state index in [9.17, 15) is 4.39 Å². The Morgan fingerprint density at radius 1 is 1.27 bits per heavy atom. The molecule has 0 saturated heterocycles. The number of H-pyrrole nitrogens is 1. The third kappa shape index (κ3) is 3.91. The van der Waals surface area contributed by atoms with Crippen molar-refractivity contribution in [2.45, 2.75) is 12.8 Å². The van der Waals surface area contributed by atoms with Crippen LogP contribution in [0, 0.1) is 11.7 Å². The lowest BCUT2D eigenvalue weighted by atomic mass is 9.94. The molecule has 1 atom stereocenters. The number of hydrogen-bond acceptors (Lipinski definition) is 4. The van der Waals surface area contributed by atoms with Crippen LogP contribution in [0.5, 0.6) is 0 Å². The Morgan fingerprint density at radius 3 is 3.07 bits per heavy atom. The molecule has 3 heterocycles. The number of aromatic amines is 1. The fraction of sp³-hybridized carbons (Fsp3) is 0.250. The van der Waals surface area contributed by atoms with Gasteiger partial charge in [0.05, 0.1) is 0 Å². The van der Waals surface area contributed by atoms with Gasteiger partial charge in [-0.2, -0.15) is 0 Å². The van der Waals surface area contributed by atoms with E-state index in [2.05, 4.69) is 39.5 Å². The number of hydrogen-bond donors (Lipinski definition) is 2. The molecule has 6 heteroatoms. The second-order valence-electron chi connectivity index (χ2n) is 7.75. The molecule has 0 bridgehead atoms. The van der Waals surface area contributed by atoms with Gasteiger partial charge in [-0.3, -0.25) is 4.90 Å². The predicted octanol–water partition coefficient (Wildman–Crippen LogP) is 4.76. The smallest absolute Gasteiger partial charge is 0.232 e. The van der Waals surface area contributed by atoms with Crippen molar-refractivity contribution in [3.8, 4) is 0 Å². The molecule has 1 aromatic heterocycles. The number of allylic oxidation sites excluding steroid dienone is 3. The van der Waals surface area contributed by atoms with Gasteiger partial charge in [-0.1, -0.05) is 18.2 Å². The zero-order valence-electron chi connectivity index (χ0n) is 16.6. The summed E-state index contributed by atoms with van der Waals surface area (Å²) in [6, 6.07) is 4.91. The molecule has 5 rings (SSSR count). The van der Waals surface area contributed by atoms with Crippen LogP contribution in [-0.2, 0) is 9.47 Å². The molecular weight excluding hydrogens is 381 g/mol. The van der Waals surface area contributed by atoms with E-state index in [1.54, 1.807) is 18.4 Å². The molecule has 154 valence electrons. The number of fused-ring (bicyclic) bond motifs is 1. The third-order valence-electron chi connectivity index (χ3n) is 5.81. The summed E-state index contributed by atoms with van der Waals surface area (Å²) in [6.07, 6.45) is 17.2. The van der Waals surface area contributed by atoms with Crippen molar-refractivity contribution >= 4 is 16.5 Å². The summed E-state index contributed by atoms with van der Waals surface area (Å²) >= 11 is 0. The molecule has 0 radical (unpaired) electrons. The fourth-order valence-corrected chi connectivity index (χ4v) is 4.25. The molecule has 30 heavy (non-hydrogen) atoms. The summed E-state index contributed by atoms with van der Waals surface area (Å²) < 4.78 is 24.3. The number of nitrogens with zero attached hydrogens (tertiary/aromatic N) is 1. The van der Waals surface area contributed by atoms with Crippen LogP contribution in [0.25, 0.3) is 16.5 Å². The molecule has 0 amide bonds. The first-order valence-electron chi connectivity index (χ1n) is 10.3. The first-order chi connectivity index (χ1) is 14.8. The second-order valence-corrected chi connectivity index (χ2v) is 7.75. The molecule has 1 unspecified atom stereocenters. The maximum atomic E-state index is 13.7. The monoisotopic (exact) mass is 405 g/mol. The number of ether oxygens (including phenoxy) is 2. The van der Waals surface area contributed by atoms with Gasteiger partial charge in [-0.25, -0.2) is 4.39 Å². The van der Waals surface area contributed by atoms with E-state index in [-0.39, 0.29) is 5.82 Å². The largest absolute Gasteiger partial charge is 0.464 e. The van der Waals surface area contributed by atoms with Crippen LogP contribution in [0.1, 0.15) is 18.4 Å². The quantitative estimate of drug-likeness (QED) is 0.753. The van der Waals surface area contributed by atoms with Gasteiger partial charge in [0.2, 0.25) is 5.88 Å². The van der Waals surface area contributed by atoms with E-state index in [0.717, 1.165) is 54.6 Å². The standard InChI is InChI=1S/C24H24FN3O2/c25-19-5-6-23-20(13-19)21(14-26-23)17-7-9-28(10-8-17)15-18-3-1-2-4-22(18)27-24-16-29-11-12-30-24/h1-2,4-7,11-14,16,18,26-27H,3,8-10,15H2. The lowest BCUT2D eigenvalue weighted by Gasteiger charge is -2.32. The fourth-order valence-electron chi connectivity index (χ4n) is 4.25. The van der Waals surface area contributed by atoms with Gasteiger partial charge in [0.25, 0.3) is 0 Å². The molecular formula is C24H24FN3O2. The molecule has 3 aliphatic rings. The number of halogens is 1. The van der Waals surface area contributed by atoms with Crippen LogP contribution in [0.2, 0.25) is 0 Å². The molecule has 1 aliphatic carbocycles. The molecule has 5 nitrogen and oxygen atoms in total. The van der Waals surface area contributed by atoms with E-state index in [0.29, 0.717) is 11.8 Å². The van der Waals surface area contributed by atoms with Gasteiger partial charge in [0.15, 0.2) is 6.26 Å². The molecule has 0 spiro atoms. The number of aromatic nitrogens is 1. The highest BCUT2D eigenvalue weighted by molar-refractivity contribution is 5.92. The van der Waals surface area contributed by atoms with Crippen LogP contribution < -0.4 is 5.32 Å². The predicted molar refractivity (Wildman–Crippen MR) is 115 cm³/mol. The van der Waals surface area contributed by atoms with Gasteiger partial charge >= 0.3 is 0 Å². The maximum absolute atomic E-state index is 13.7. The lowest BCUT2D eigenvalue weighted by molar-refractivity contribution is 0.228. The zero-order chi connectivity index (χ0) is 20.3. The zero-order valence-corrected chi connectivity index (χ0v) is 16.6. The van der Waals surface area contributed by atoms with Gasteiger partial charge in [-0.05, 0) is 42.7 Å². The van der Waals surface area contributed by atoms with Crippen molar-refractivity contribution in [3.63, 3.8) is 0 Å². The van der Waals surface area contributed by atoms with Crippen LogP contribution in [0.3, 0.4) is 0 Å². The normalized spacial score (nSPS) is 21.5. The maximum Gasteiger partial charge on any atom is 0.232 e. The van der Waals surface area contributed by atoms with Crippen molar-refractivity contribution < 1.29 is 13.9 Å². The summed E-state index contributed by atoms with van der Waals surface area (Å²) in [5.41, 5.74) is 4.50. The first-order valence-corrected chi connectivity index (χ1v) is 10.3. The highest BCUT2D eigenvalue weighted by Gasteiger charge is 2.23. The molecule has 2 aromatic rings. The highest BCUT2D eigenvalue weighted by Crippen LogP contribution is 2.30. The van der Waals surface area contributed by atoms with E-state index in [4.69, 9.17) is 9.47 Å². The number of rotatable bonds is 5. The molecule has 0 saturated carbocycles. The third-order valence-corrected chi connectivity index (χ3v) is 5.81. The van der Waals surface area contributed by atoms with E-state index in [1.165, 1.54) is 24.2 Å². The molecule has 1 aromatic carbocycles. The topological polar surface area (TPSA) is 49.5 Å². The van der Waals surface area contributed by atoms with E-state index < -0.39 is 0 Å². The Balaban J connectivity index is 1.25. The van der Waals surface area contributed by atoms with Gasteiger partial charge < -0.3 is 19.8 Å². The van der Waals surface area contributed by atoms with E-state index in [1.807, 2.05) is 6.20 Å². The molecule has 2 aliphatic heterocycles. The van der Waals surface area contributed by atoms with Crippen molar-refractivity contribution in [2.24, 2.45) is 5.92 Å². The minimum Gasteiger partial charge on any atom is -0.464 e. The highest BCUT2D eigenvalue weighted by atomic mass is 19.1. The lowest BCUT2D eigenvalue weighted by Crippen LogP contribution is -2.36. The Hall–Kier alpha value is -3.25. The summed E-state index contributed by atoms with van der Waals surface area (Å²) in [5, 5.41) is 4.30. The second kappa shape index (κ2) is 8.24. The Morgan fingerprint density at radius 2 is 2.23 bits per heavy atom. The van der Waals surface area contributed by atoms with E-state index >= 15 is 0 Å². The Bertz CT molecular complexity index is 1090. The molecule has 0 fully saturated rings. The van der Waals surface area contributed by atoms with Crippen LogP contribution >= 0.6 is 0 Å². The number of nitrogens with one attached hydrogen (secondary N) is 2. The van der Waals surface area contributed by atoms with Gasteiger partial charge in [0.1, 0.15) is 18.3 Å². The minimum atomic E-state index is -0.198. The van der Waals surface area contributed by atoms with Crippen LogP contribution in [0.4, 0.5) is 4.39 Å². The average Bonchev–Trinajstić information content (AvgIpc) is 3.19. The van der Waals surface area contributed by atoms with Crippen LogP contribution in [0.15, 0.2) is 79.1 Å². The van der Waals surface area contributed by atoms with Crippen LogP contribution in [-0.4, -0.2) is 29.5 Å². The van der Waals surface area contributed by atoms with Crippen molar-refractivity contribution in [1.82, 2.24) is 15.2 Å². The number of benzene rings is 1. The summed E-state index contributed by atoms with van der Waals surface area (Å²) in [7, 11) is 0. The summed E-state index contributed by atoms with van der Waals surface area (Å²) in [4.78, 5) is 5.72.